The third kappa shape index (κ3) is 3.08. The van der Waals surface area contributed by atoms with Gasteiger partial charge in [0.05, 0.1) is 4.34 Å². The molecule has 0 radical (unpaired) electrons. The van der Waals surface area contributed by atoms with Gasteiger partial charge >= 0.3 is 0 Å². The van der Waals surface area contributed by atoms with E-state index in [0.29, 0.717) is 15.8 Å². The summed E-state index contributed by atoms with van der Waals surface area (Å²) in [6.45, 7) is 4.26. The molecule has 17 heavy (non-hydrogen) atoms. The SMILES string of the molecule is CC(C)Cc1ccc(-c2csc(Cl)c2)c(F)c1. The first-order chi connectivity index (χ1) is 8.06. The summed E-state index contributed by atoms with van der Waals surface area (Å²) in [5.74, 6) is 0.369. The zero-order valence-electron chi connectivity index (χ0n) is 9.84. The van der Waals surface area contributed by atoms with Crippen molar-refractivity contribution in [1.82, 2.24) is 0 Å². The van der Waals surface area contributed by atoms with E-state index in [2.05, 4.69) is 13.8 Å². The summed E-state index contributed by atoms with van der Waals surface area (Å²) in [5.41, 5.74) is 2.52. The van der Waals surface area contributed by atoms with E-state index in [9.17, 15) is 4.39 Å². The number of rotatable bonds is 3. The largest absolute Gasteiger partial charge is 0.206 e. The van der Waals surface area contributed by atoms with Gasteiger partial charge in [-0.3, -0.25) is 0 Å². The van der Waals surface area contributed by atoms with E-state index in [1.807, 2.05) is 17.5 Å². The maximum atomic E-state index is 14.0. The molecule has 0 N–H and O–H groups in total. The van der Waals surface area contributed by atoms with Crippen LogP contribution in [0.1, 0.15) is 19.4 Å². The Balaban J connectivity index is 2.31. The van der Waals surface area contributed by atoms with E-state index in [1.165, 1.54) is 11.3 Å². The van der Waals surface area contributed by atoms with Gasteiger partial charge in [0.2, 0.25) is 0 Å². The van der Waals surface area contributed by atoms with Crippen LogP contribution in [0.2, 0.25) is 4.34 Å². The van der Waals surface area contributed by atoms with Gasteiger partial charge in [0, 0.05) is 10.9 Å². The molecule has 0 spiro atoms. The Labute approximate surface area is 110 Å². The van der Waals surface area contributed by atoms with Crippen LogP contribution < -0.4 is 0 Å². The van der Waals surface area contributed by atoms with Gasteiger partial charge in [-0.1, -0.05) is 37.6 Å². The van der Waals surface area contributed by atoms with Crippen molar-refractivity contribution >= 4 is 22.9 Å². The molecular weight excluding hydrogens is 255 g/mol. The molecule has 1 heterocycles. The third-order valence-corrected chi connectivity index (χ3v) is 3.65. The predicted octanol–water partition coefficient (Wildman–Crippen LogP) is 5.41. The third-order valence-electron chi connectivity index (χ3n) is 2.56. The van der Waals surface area contributed by atoms with E-state index < -0.39 is 0 Å². The van der Waals surface area contributed by atoms with Crippen molar-refractivity contribution in [1.29, 1.82) is 0 Å². The Kier molecular flexibility index (Phi) is 3.85. The minimum absolute atomic E-state index is 0.169. The van der Waals surface area contributed by atoms with E-state index in [4.69, 9.17) is 11.6 Å². The Morgan fingerprint density at radius 2 is 2.06 bits per heavy atom. The summed E-state index contributed by atoms with van der Waals surface area (Å²) in [6.07, 6.45) is 0.904. The van der Waals surface area contributed by atoms with Crippen molar-refractivity contribution < 1.29 is 4.39 Å². The highest BCUT2D eigenvalue weighted by Crippen LogP contribution is 2.31. The zero-order valence-corrected chi connectivity index (χ0v) is 11.4. The van der Waals surface area contributed by atoms with Gasteiger partial charge in [-0.15, -0.1) is 11.3 Å². The van der Waals surface area contributed by atoms with Crippen LogP contribution in [0.5, 0.6) is 0 Å². The fourth-order valence-electron chi connectivity index (χ4n) is 1.84. The molecule has 0 saturated carbocycles. The van der Waals surface area contributed by atoms with E-state index in [0.717, 1.165) is 17.5 Å². The molecule has 90 valence electrons. The summed E-state index contributed by atoms with van der Waals surface area (Å²) in [7, 11) is 0. The van der Waals surface area contributed by atoms with Gasteiger partial charge in [0.25, 0.3) is 0 Å². The summed E-state index contributed by atoms with van der Waals surface area (Å²) in [5, 5.41) is 1.88. The van der Waals surface area contributed by atoms with Crippen LogP contribution >= 0.6 is 22.9 Å². The first-order valence-corrected chi connectivity index (χ1v) is 6.85. The molecule has 0 saturated heterocycles. The van der Waals surface area contributed by atoms with Gasteiger partial charge in [0.15, 0.2) is 0 Å². The van der Waals surface area contributed by atoms with Gasteiger partial charge in [-0.25, -0.2) is 4.39 Å². The molecule has 3 heteroatoms. The molecule has 2 aromatic rings. The smallest absolute Gasteiger partial charge is 0.131 e. The van der Waals surface area contributed by atoms with Crippen LogP contribution in [0.25, 0.3) is 11.1 Å². The highest BCUT2D eigenvalue weighted by Gasteiger charge is 2.08. The maximum Gasteiger partial charge on any atom is 0.131 e. The molecule has 0 atom stereocenters. The number of halogens is 2. The predicted molar refractivity (Wildman–Crippen MR) is 73.3 cm³/mol. The van der Waals surface area contributed by atoms with Crippen LogP contribution in [0.15, 0.2) is 29.6 Å². The highest BCUT2D eigenvalue weighted by molar-refractivity contribution is 7.14. The Morgan fingerprint density at radius 1 is 1.29 bits per heavy atom. The molecule has 0 fully saturated rings. The second-order valence-electron chi connectivity index (χ2n) is 4.55. The first-order valence-electron chi connectivity index (χ1n) is 5.59. The lowest BCUT2D eigenvalue weighted by molar-refractivity contribution is 0.615. The van der Waals surface area contributed by atoms with Crippen LogP contribution in [0.4, 0.5) is 4.39 Å². The normalized spacial score (nSPS) is 11.1. The lowest BCUT2D eigenvalue weighted by atomic mass is 10.00. The average Bonchev–Trinajstić information content (AvgIpc) is 2.64. The zero-order chi connectivity index (χ0) is 12.4. The average molecular weight is 269 g/mol. The molecule has 1 aromatic carbocycles. The molecule has 2 rings (SSSR count). The van der Waals surface area contributed by atoms with Crippen molar-refractivity contribution in [2.75, 3.05) is 0 Å². The quantitative estimate of drug-likeness (QED) is 0.699. The molecule has 0 aliphatic carbocycles. The highest BCUT2D eigenvalue weighted by atomic mass is 35.5. The van der Waals surface area contributed by atoms with Crippen LogP contribution in [-0.4, -0.2) is 0 Å². The lowest BCUT2D eigenvalue weighted by Gasteiger charge is -2.07. The molecule has 0 nitrogen and oxygen atoms in total. The van der Waals surface area contributed by atoms with Crippen LogP contribution in [0, 0.1) is 11.7 Å². The van der Waals surface area contributed by atoms with Crippen molar-refractivity contribution in [3.63, 3.8) is 0 Å². The maximum absolute atomic E-state index is 14.0. The van der Waals surface area contributed by atoms with Crippen LogP contribution in [0.3, 0.4) is 0 Å². The Morgan fingerprint density at radius 3 is 2.59 bits per heavy atom. The minimum Gasteiger partial charge on any atom is -0.206 e. The number of thiophene rings is 1. The monoisotopic (exact) mass is 268 g/mol. The standard InChI is InChI=1S/C14H14ClFS/c1-9(2)5-10-3-4-12(13(16)6-10)11-7-14(15)17-8-11/h3-4,6-9H,5H2,1-2H3. The molecule has 0 amide bonds. The lowest BCUT2D eigenvalue weighted by Crippen LogP contribution is -1.95. The number of hydrogen-bond acceptors (Lipinski definition) is 1. The fourth-order valence-corrected chi connectivity index (χ4v) is 2.72. The summed E-state index contributed by atoms with van der Waals surface area (Å²) >= 11 is 7.28. The van der Waals surface area contributed by atoms with Gasteiger partial charge < -0.3 is 0 Å². The fraction of sp³-hybridized carbons (Fsp3) is 0.286. The van der Waals surface area contributed by atoms with Crippen molar-refractivity contribution in [2.24, 2.45) is 5.92 Å². The molecule has 0 aliphatic heterocycles. The summed E-state index contributed by atoms with van der Waals surface area (Å²) in [6, 6.07) is 7.25. The van der Waals surface area contributed by atoms with Crippen molar-refractivity contribution in [3.8, 4) is 11.1 Å². The molecule has 0 bridgehead atoms. The Bertz CT molecular complexity index is 517. The van der Waals surface area contributed by atoms with Crippen molar-refractivity contribution in [3.05, 3.63) is 45.4 Å². The number of hydrogen-bond donors (Lipinski definition) is 0. The van der Waals surface area contributed by atoms with E-state index >= 15 is 0 Å². The summed E-state index contributed by atoms with van der Waals surface area (Å²) in [4.78, 5) is 0. The number of benzene rings is 1. The van der Waals surface area contributed by atoms with E-state index in [1.54, 1.807) is 12.1 Å². The van der Waals surface area contributed by atoms with Crippen molar-refractivity contribution in [2.45, 2.75) is 20.3 Å². The summed E-state index contributed by atoms with van der Waals surface area (Å²) < 4.78 is 14.6. The van der Waals surface area contributed by atoms with Gasteiger partial charge in [-0.2, -0.15) is 0 Å². The molecular formula is C14H14ClFS. The molecule has 0 aliphatic rings. The molecule has 1 aromatic heterocycles. The first kappa shape index (κ1) is 12.6. The second-order valence-corrected chi connectivity index (χ2v) is 6.09. The van der Waals surface area contributed by atoms with Gasteiger partial charge in [-0.05, 0) is 35.6 Å². The van der Waals surface area contributed by atoms with Gasteiger partial charge in [0.1, 0.15) is 5.82 Å². The Hall–Kier alpha value is -0.860. The topological polar surface area (TPSA) is 0 Å². The van der Waals surface area contributed by atoms with Crippen LogP contribution in [-0.2, 0) is 6.42 Å². The second kappa shape index (κ2) is 5.19. The van der Waals surface area contributed by atoms with E-state index in [-0.39, 0.29) is 5.82 Å². The minimum atomic E-state index is -0.169. The molecule has 0 unspecified atom stereocenters.